The average molecular weight is 309 g/mol. The maximum Gasteiger partial charge on any atom is 0.0561 e. The van der Waals surface area contributed by atoms with E-state index in [9.17, 15) is 0 Å². The molecule has 1 fully saturated rings. The Morgan fingerprint density at radius 2 is 2.14 bits per heavy atom. The van der Waals surface area contributed by atoms with E-state index in [2.05, 4.69) is 48.7 Å². The van der Waals surface area contributed by atoms with Crippen LogP contribution in [0.2, 0.25) is 0 Å². The molecule has 1 aliphatic rings. The fraction of sp³-hybridized carbons (Fsp3) is 0.778. The van der Waals surface area contributed by atoms with E-state index >= 15 is 0 Å². The Labute approximate surface area is 134 Å². The maximum atomic E-state index is 3.86. The number of likely N-dealkylation sites (N-methyl/N-ethyl adjacent to an activating group) is 1. The topological polar surface area (TPSA) is 15.3 Å². The number of hydrogen-bond donors (Lipinski definition) is 1. The molecule has 0 radical (unpaired) electrons. The number of nitrogens with zero attached hydrogens (tertiary/aromatic N) is 1. The molecule has 1 heterocycles. The van der Waals surface area contributed by atoms with Gasteiger partial charge in [0.15, 0.2) is 0 Å². The van der Waals surface area contributed by atoms with Crippen molar-refractivity contribution in [1.29, 1.82) is 0 Å². The quantitative estimate of drug-likeness (QED) is 0.735. The van der Waals surface area contributed by atoms with E-state index in [1.165, 1.54) is 49.8 Å². The molecule has 120 valence electrons. The van der Waals surface area contributed by atoms with Crippen LogP contribution in [0.15, 0.2) is 17.5 Å². The second-order valence-corrected chi connectivity index (χ2v) is 7.74. The lowest BCUT2D eigenvalue weighted by Gasteiger charge is -2.26. The Morgan fingerprint density at radius 1 is 1.29 bits per heavy atom. The van der Waals surface area contributed by atoms with Crippen molar-refractivity contribution < 1.29 is 0 Å². The molecular weight excluding hydrogens is 276 g/mol. The highest BCUT2D eigenvalue weighted by Gasteiger charge is 2.20. The molecule has 1 aliphatic carbocycles. The van der Waals surface area contributed by atoms with E-state index in [1.807, 2.05) is 11.3 Å². The van der Waals surface area contributed by atoms with Crippen molar-refractivity contribution in [2.45, 2.75) is 64.0 Å². The van der Waals surface area contributed by atoms with Crippen LogP contribution in [0, 0.1) is 5.92 Å². The summed E-state index contributed by atoms with van der Waals surface area (Å²) in [6.07, 6.45) is 9.81. The Bertz CT molecular complexity index is 375. The minimum absolute atomic E-state index is 0.514. The van der Waals surface area contributed by atoms with Crippen LogP contribution in [0.3, 0.4) is 0 Å². The standard InChI is InChI=1S/C18H32N2S/c1-4-7-15-8-5-9-16(12-11-15)19-14-17(20(2)3)18-10-6-13-21-18/h6,10,13,15-17,19H,4-5,7-9,11-12,14H2,1-3H3. The number of rotatable bonds is 7. The van der Waals surface area contributed by atoms with Crippen LogP contribution in [0.1, 0.15) is 62.8 Å². The average Bonchev–Trinajstić information content (AvgIpc) is 2.88. The van der Waals surface area contributed by atoms with Gasteiger partial charge in [0.2, 0.25) is 0 Å². The normalized spacial score (nSPS) is 25.0. The lowest BCUT2D eigenvalue weighted by atomic mass is 9.95. The van der Waals surface area contributed by atoms with Crippen LogP contribution in [-0.4, -0.2) is 31.6 Å². The van der Waals surface area contributed by atoms with E-state index in [0.717, 1.165) is 18.5 Å². The van der Waals surface area contributed by atoms with Gasteiger partial charge in [-0.05, 0) is 50.7 Å². The first kappa shape index (κ1) is 17.0. The first-order chi connectivity index (χ1) is 10.2. The van der Waals surface area contributed by atoms with Crippen molar-refractivity contribution in [3.8, 4) is 0 Å². The van der Waals surface area contributed by atoms with Gasteiger partial charge in [0, 0.05) is 17.5 Å². The molecule has 1 saturated carbocycles. The Kier molecular flexibility index (Phi) is 7.21. The number of hydrogen-bond acceptors (Lipinski definition) is 3. The van der Waals surface area contributed by atoms with Crippen LogP contribution in [0.4, 0.5) is 0 Å². The predicted molar refractivity (Wildman–Crippen MR) is 94.0 cm³/mol. The molecule has 3 heteroatoms. The molecule has 0 spiro atoms. The molecule has 0 saturated heterocycles. The summed E-state index contributed by atoms with van der Waals surface area (Å²) in [5.74, 6) is 0.990. The summed E-state index contributed by atoms with van der Waals surface area (Å²) >= 11 is 1.88. The molecule has 2 nitrogen and oxygen atoms in total. The van der Waals surface area contributed by atoms with Gasteiger partial charge in [-0.25, -0.2) is 0 Å². The van der Waals surface area contributed by atoms with E-state index in [-0.39, 0.29) is 0 Å². The molecule has 3 unspecified atom stereocenters. The minimum Gasteiger partial charge on any atom is -0.312 e. The van der Waals surface area contributed by atoms with Crippen LogP contribution in [0.5, 0.6) is 0 Å². The molecule has 1 N–H and O–H groups in total. The highest BCUT2D eigenvalue weighted by molar-refractivity contribution is 7.10. The molecule has 2 rings (SSSR count). The summed E-state index contributed by atoms with van der Waals surface area (Å²) in [5.41, 5.74) is 0. The SMILES string of the molecule is CCCC1CCCC(NCC(c2cccs2)N(C)C)CC1. The van der Waals surface area contributed by atoms with Gasteiger partial charge in [0.1, 0.15) is 0 Å². The third kappa shape index (κ3) is 5.39. The Morgan fingerprint density at radius 3 is 2.81 bits per heavy atom. The fourth-order valence-corrected chi connectivity index (χ4v) is 4.50. The lowest BCUT2D eigenvalue weighted by Crippen LogP contribution is -2.36. The van der Waals surface area contributed by atoms with Crippen molar-refractivity contribution in [3.05, 3.63) is 22.4 Å². The first-order valence-electron chi connectivity index (χ1n) is 8.64. The predicted octanol–water partition coefficient (Wildman–Crippen LogP) is 4.69. The third-order valence-electron chi connectivity index (χ3n) is 4.88. The van der Waals surface area contributed by atoms with Crippen LogP contribution in [0.25, 0.3) is 0 Å². The van der Waals surface area contributed by atoms with Crippen LogP contribution >= 0.6 is 11.3 Å². The van der Waals surface area contributed by atoms with Crippen molar-refractivity contribution in [3.63, 3.8) is 0 Å². The second kappa shape index (κ2) is 8.92. The molecule has 3 atom stereocenters. The fourth-order valence-electron chi connectivity index (χ4n) is 3.58. The number of thiophene rings is 1. The summed E-state index contributed by atoms with van der Waals surface area (Å²) in [5, 5.41) is 6.05. The zero-order valence-corrected chi connectivity index (χ0v) is 14.8. The van der Waals surface area contributed by atoms with Crippen molar-refractivity contribution in [2.24, 2.45) is 5.92 Å². The molecule has 0 bridgehead atoms. The minimum atomic E-state index is 0.514. The van der Waals surface area contributed by atoms with E-state index < -0.39 is 0 Å². The smallest absolute Gasteiger partial charge is 0.0561 e. The van der Waals surface area contributed by atoms with Crippen molar-refractivity contribution in [2.75, 3.05) is 20.6 Å². The van der Waals surface area contributed by atoms with Gasteiger partial charge in [-0.2, -0.15) is 0 Å². The Hall–Kier alpha value is -0.380. The van der Waals surface area contributed by atoms with Crippen molar-refractivity contribution in [1.82, 2.24) is 10.2 Å². The van der Waals surface area contributed by atoms with Gasteiger partial charge in [-0.3, -0.25) is 0 Å². The second-order valence-electron chi connectivity index (χ2n) is 6.76. The van der Waals surface area contributed by atoms with Gasteiger partial charge >= 0.3 is 0 Å². The first-order valence-corrected chi connectivity index (χ1v) is 9.51. The van der Waals surface area contributed by atoms with Gasteiger partial charge in [0.05, 0.1) is 6.04 Å². The van der Waals surface area contributed by atoms with Crippen LogP contribution in [-0.2, 0) is 0 Å². The molecule has 1 aromatic heterocycles. The molecule has 0 amide bonds. The van der Waals surface area contributed by atoms with Gasteiger partial charge in [-0.1, -0.05) is 38.7 Å². The largest absolute Gasteiger partial charge is 0.312 e. The molecule has 21 heavy (non-hydrogen) atoms. The summed E-state index contributed by atoms with van der Waals surface area (Å²) in [6.45, 7) is 3.40. The summed E-state index contributed by atoms with van der Waals surface area (Å²) in [6, 6.07) is 5.67. The zero-order valence-electron chi connectivity index (χ0n) is 14.0. The number of nitrogens with one attached hydrogen (secondary N) is 1. The highest BCUT2D eigenvalue weighted by atomic mass is 32.1. The summed E-state index contributed by atoms with van der Waals surface area (Å²) in [4.78, 5) is 3.82. The van der Waals surface area contributed by atoms with E-state index in [4.69, 9.17) is 0 Å². The van der Waals surface area contributed by atoms with Crippen molar-refractivity contribution >= 4 is 11.3 Å². The lowest BCUT2D eigenvalue weighted by molar-refractivity contribution is 0.277. The molecule has 1 aromatic rings. The van der Waals surface area contributed by atoms with Gasteiger partial charge in [0.25, 0.3) is 0 Å². The zero-order chi connectivity index (χ0) is 15.1. The summed E-state index contributed by atoms with van der Waals surface area (Å²) in [7, 11) is 4.38. The third-order valence-corrected chi connectivity index (χ3v) is 5.85. The van der Waals surface area contributed by atoms with Gasteiger partial charge < -0.3 is 10.2 Å². The molecule has 0 aromatic carbocycles. The maximum absolute atomic E-state index is 3.86. The highest BCUT2D eigenvalue weighted by Crippen LogP contribution is 2.28. The van der Waals surface area contributed by atoms with Gasteiger partial charge in [-0.15, -0.1) is 11.3 Å². The summed E-state index contributed by atoms with van der Waals surface area (Å²) < 4.78 is 0. The molecular formula is C18H32N2S. The Balaban J connectivity index is 1.81. The van der Waals surface area contributed by atoms with E-state index in [1.54, 1.807) is 0 Å². The van der Waals surface area contributed by atoms with Crippen LogP contribution < -0.4 is 5.32 Å². The monoisotopic (exact) mass is 308 g/mol. The van der Waals surface area contributed by atoms with E-state index in [0.29, 0.717) is 6.04 Å². The molecule has 0 aliphatic heterocycles.